The summed E-state index contributed by atoms with van der Waals surface area (Å²) in [4.78, 5) is 13.9. The van der Waals surface area contributed by atoms with E-state index in [0.29, 0.717) is 18.7 Å². The first kappa shape index (κ1) is 20.4. The van der Waals surface area contributed by atoms with Crippen LogP contribution in [0.3, 0.4) is 0 Å². The highest BCUT2D eigenvalue weighted by Gasteiger charge is 2.25. The molecular weight excluding hydrogens is 378 g/mol. The second-order valence-corrected chi connectivity index (χ2v) is 7.78. The van der Waals surface area contributed by atoms with E-state index in [-0.39, 0.29) is 12.6 Å². The van der Waals surface area contributed by atoms with Crippen LogP contribution in [0.1, 0.15) is 35.1 Å². The number of benzene rings is 2. The number of esters is 1. The molecule has 2 aliphatic heterocycles. The molecule has 30 heavy (non-hydrogen) atoms. The molecule has 0 atom stereocenters. The number of hydrogen-bond acceptors (Lipinski definition) is 5. The van der Waals surface area contributed by atoms with Crippen LogP contribution in [0.5, 0.6) is 5.75 Å². The van der Waals surface area contributed by atoms with Gasteiger partial charge in [0.1, 0.15) is 12.4 Å². The molecule has 5 nitrogen and oxygen atoms in total. The first-order valence-corrected chi connectivity index (χ1v) is 10.3. The number of aliphatic hydroxyl groups is 1. The number of piperidine rings is 1. The Hall–Kier alpha value is -2.89. The Morgan fingerprint density at radius 2 is 1.93 bits per heavy atom. The van der Waals surface area contributed by atoms with E-state index in [1.165, 1.54) is 29.4 Å². The number of rotatable bonds is 4. The standard InChI is InChI=1S/C25H27NO4/c1-17(25(28)29-2)14-26-11-9-19(10-12-26)24-21-6-4-3-5-20(21)16-30-23-8-7-18(15-27)13-22(23)24/h3-8,13,27H,1,9-12,14-16H2,2H3. The molecule has 0 unspecified atom stereocenters. The molecule has 2 heterocycles. The summed E-state index contributed by atoms with van der Waals surface area (Å²) in [6.45, 7) is 6.62. The van der Waals surface area contributed by atoms with E-state index in [4.69, 9.17) is 9.47 Å². The zero-order valence-corrected chi connectivity index (χ0v) is 17.3. The molecule has 0 radical (unpaired) electrons. The topological polar surface area (TPSA) is 59.0 Å². The Morgan fingerprint density at radius 3 is 2.67 bits per heavy atom. The quantitative estimate of drug-likeness (QED) is 0.621. The Balaban J connectivity index is 1.69. The number of aliphatic hydroxyl groups excluding tert-OH is 1. The third-order valence-electron chi connectivity index (χ3n) is 5.87. The van der Waals surface area contributed by atoms with Crippen molar-refractivity contribution in [1.29, 1.82) is 0 Å². The molecule has 2 aliphatic rings. The summed E-state index contributed by atoms with van der Waals surface area (Å²) in [6.07, 6.45) is 1.81. The Bertz CT molecular complexity index is 998. The molecule has 0 aromatic heterocycles. The molecule has 2 aromatic carbocycles. The summed E-state index contributed by atoms with van der Waals surface area (Å²) in [6, 6.07) is 14.3. The van der Waals surface area contributed by atoms with Crippen molar-refractivity contribution in [3.8, 4) is 5.75 Å². The number of fused-ring (bicyclic) bond motifs is 2. The summed E-state index contributed by atoms with van der Waals surface area (Å²) in [5, 5.41) is 9.68. The lowest BCUT2D eigenvalue weighted by molar-refractivity contribution is -0.136. The number of nitrogens with zero attached hydrogens (tertiary/aromatic N) is 1. The van der Waals surface area contributed by atoms with Crippen molar-refractivity contribution in [1.82, 2.24) is 4.90 Å². The van der Waals surface area contributed by atoms with Crippen LogP contribution in [0.25, 0.3) is 5.57 Å². The zero-order valence-electron chi connectivity index (χ0n) is 17.3. The third-order valence-corrected chi connectivity index (χ3v) is 5.87. The van der Waals surface area contributed by atoms with E-state index >= 15 is 0 Å². The van der Waals surface area contributed by atoms with Crippen molar-refractivity contribution in [3.63, 3.8) is 0 Å². The van der Waals surface area contributed by atoms with Crippen LogP contribution in [0.4, 0.5) is 0 Å². The Morgan fingerprint density at radius 1 is 1.17 bits per heavy atom. The highest BCUT2D eigenvalue weighted by atomic mass is 16.5. The van der Waals surface area contributed by atoms with Crippen molar-refractivity contribution in [2.24, 2.45) is 0 Å². The van der Waals surface area contributed by atoms with Crippen molar-refractivity contribution >= 4 is 11.5 Å². The molecule has 0 saturated carbocycles. The van der Waals surface area contributed by atoms with Crippen LogP contribution in [0.15, 0.2) is 60.2 Å². The first-order chi connectivity index (χ1) is 14.6. The third kappa shape index (κ3) is 4.04. The number of methoxy groups -OCH3 is 1. The molecule has 5 heteroatoms. The largest absolute Gasteiger partial charge is 0.488 e. The smallest absolute Gasteiger partial charge is 0.334 e. The monoisotopic (exact) mass is 405 g/mol. The number of ether oxygens (including phenoxy) is 2. The van der Waals surface area contributed by atoms with E-state index in [9.17, 15) is 9.90 Å². The SMILES string of the molecule is C=C(CN1CCC(=C2c3ccccc3COc3ccc(CO)cc32)CC1)C(=O)OC. The summed E-state index contributed by atoms with van der Waals surface area (Å²) in [7, 11) is 1.38. The summed E-state index contributed by atoms with van der Waals surface area (Å²) >= 11 is 0. The van der Waals surface area contributed by atoms with E-state index in [1.807, 2.05) is 24.3 Å². The lowest BCUT2D eigenvalue weighted by Gasteiger charge is -2.30. The van der Waals surface area contributed by atoms with Gasteiger partial charge >= 0.3 is 5.97 Å². The molecule has 1 fully saturated rings. The van der Waals surface area contributed by atoms with Gasteiger partial charge in [0.05, 0.1) is 13.7 Å². The maximum absolute atomic E-state index is 11.7. The average Bonchev–Trinajstić information content (AvgIpc) is 2.95. The van der Waals surface area contributed by atoms with Gasteiger partial charge in [-0.3, -0.25) is 4.90 Å². The minimum absolute atomic E-state index is 0.000950. The van der Waals surface area contributed by atoms with Gasteiger partial charge in [0.15, 0.2) is 0 Å². The minimum atomic E-state index is -0.348. The molecular formula is C25H27NO4. The van der Waals surface area contributed by atoms with Gasteiger partial charge in [0, 0.05) is 30.8 Å². The van der Waals surface area contributed by atoms with Gasteiger partial charge < -0.3 is 14.6 Å². The van der Waals surface area contributed by atoms with Gasteiger partial charge in [-0.05, 0) is 47.2 Å². The van der Waals surface area contributed by atoms with E-state index in [1.54, 1.807) is 0 Å². The minimum Gasteiger partial charge on any atom is -0.488 e. The van der Waals surface area contributed by atoms with Gasteiger partial charge in [0.2, 0.25) is 0 Å². The summed E-state index contributed by atoms with van der Waals surface area (Å²) < 4.78 is 10.9. The lowest BCUT2D eigenvalue weighted by atomic mass is 9.86. The van der Waals surface area contributed by atoms with Crippen LogP contribution >= 0.6 is 0 Å². The highest BCUT2D eigenvalue weighted by Crippen LogP contribution is 2.41. The fraction of sp³-hybridized carbons (Fsp3) is 0.320. The van der Waals surface area contributed by atoms with Gasteiger partial charge in [0.25, 0.3) is 0 Å². The van der Waals surface area contributed by atoms with Crippen LogP contribution in [0, 0.1) is 0 Å². The zero-order chi connectivity index (χ0) is 21.1. The van der Waals surface area contributed by atoms with Crippen LogP contribution in [-0.4, -0.2) is 42.7 Å². The van der Waals surface area contributed by atoms with Crippen molar-refractivity contribution in [3.05, 3.63) is 82.4 Å². The predicted molar refractivity (Wildman–Crippen MR) is 116 cm³/mol. The van der Waals surface area contributed by atoms with Crippen LogP contribution in [0.2, 0.25) is 0 Å². The number of likely N-dealkylation sites (tertiary alicyclic amines) is 1. The molecule has 0 bridgehead atoms. The van der Waals surface area contributed by atoms with Crippen LogP contribution < -0.4 is 4.74 Å². The Labute approximate surface area is 177 Å². The van der Waals surface area contributed by atoms with E-state index < -0.39 is 0 Å². The number of carbonyl (C=O) groups excluding carboxylic acids is 1. The lowest BCUT2D eigenvalue weighted by Crippen LogP contribution is -2.34. The predicted octanol–water partition coefficient (Wildman–Crippen LogP) is 3.70. The molecule has 156 valence electrons. The molecule has 4 rings (SSSR count). The van der Waals surface area contributed by atoms with Crippen molar-refractivity contribution in [2.75, 3.05) is 26.7 Å². The summed E-state index contributed by atoms with van der Waals surface area (Å²) in [5.74, 6) is 0.506. The fourth-order valence-electron chi connectivity index (χ4n) is 4.28. The average molecular weight is 405 g/mol. The number of carbonyl (C=O) groups is 1. The molecule has 0 aliphatic carbocycles. The van der Waals surface area contributed by atoms with Gasteiger partial charge in [-0.15, -0.1) is 0 Å². The summed E-state index contributed by atoms with van der Waals surface area (Å²) in [5.41, 5.74) is 7.39. The van der Waals surface area contributed by atoms with Gasteiger partial charge in [-0.2, -0.15) is 0 Å². The van der Waals surface area contributed by atoms with E-state index in [2.05, 4.69) is 29.7 Å². The maximum Gasteiger partial charge on any atom is 0.334 e. The number of hydrogen-bond donors (Lipinski definition) is 1. The second kappa shape index (κ2) is 8.86. The maximum atomic E-state index is 11.7. The van der Waals surface area contributed by atoms with Crippen LogP contribution in [-0.2, 0) is 22.7 Å². The van der Waals surface area contributed by atoms with Gasteiger partial charge in [-0.1, -0.05) is 42.5 Å². The molecule has 0 spiro atoms. The van der Waals surface area contributed by atoms with E-state index in [0.717, 1.165) is 42.8 Å². The molecule has 1 N–H and O–H groups in total. The van der Waals surface area contributed by atoms with Crippen molar-refractivity contribution < 1.29 is 19.4 Å². The highest BCUT2D eigenvalue weighted by molar-refractivity contribution is 5.88. The second-order valence-electron chi connectivity index (χ2n) is 7.78. The van der Waals surface area contributed by atoms with Crippen molar-refractivity contribution in [2.45, 2.75) is 26.1 Å². The van der Waals surface area contributed by atoms with Gasteiger partial charge in [-0.25, -0.2) is 4.79 Å². The Kier molecular flexibility index (Phi) is 6.02. The molecule has 0 amide bonds. The molecule has 1 saturated heterocycles. The fourth-order valence-corrected chi connectivity index (χ4v) is 4.28. The molecule has 2 aromatic rings. The normalized spacial score (nSPS) is 16.2. The first-order valence-electron chi connectivity index (χ1n) is 10.3.